The fourth-order valence-electron chi connectivity index (χ4n) is 1.10. The molecule has 3 heteroatoms. The predicted molar refractivity (Wildman–Crippen MR) is 42.3 cm³/mol. The molecule has 0 fully saturated rings. The van der Waals surface area contributed by atoms with E-state index in [0.717, 1.165) is 6.42 Å². The van der Waals surface area contributed by atoms with E-state index in [1.54, 1.807) is 6.92 Å². The molecule has 0 aliphatic rings. The van der Waals surface area contributed by atoms with E-state index in [-0.39, 0.29) is 5.92 Å². The fourth-order valence-corrected chi connectivity index (χ4v) is 1.10. The quantitative estimate of drug-likeness (QED) is 0.636. The maximum atomic E-state index is 10.5. The Bertz CT molecular complexity index is 121. The first-order chi connectivity index (χ1) is 5.07. The van der Waals surface area contributed by atoms with E-state index < -0.39 is 12.1 Å². The van der Waals surface area contributed by atoms with E-state index in [1.165, 1.54) is 0 Å². The van der Waals surface area contributed by atoms with Crippen molar-refractivity contribution < 1.29 is 15.0 Å². The molecule has 0 saturated carbocycles. The Hall–Kier alpha value is -0.570. The van der Waals surface area contributed by atoms with Gasteiger partial charge in [0.15, 0.2) is 0 Å². The average molecular weight is 160 g/mol. The lowest BCUT2D eigenvalue weighted by Crippen LogP contribution is -2.18. The van der Waals surface area contributed by atoms with Gasteiger partial charge in [-0.25, -0.2) is 0 Å². The molecule has 66 valence electrons. The Morgan fingerprint density at radius 3 is 2.36 bits per heavy atom. The summed E-state index contributed by atoms with van der Waals surface area (Å²) in [6.07, 6.45) is 1.36. The molecule has 0 aromatic heterocycles. The fraction of sp³-hybridized carbons (Fsp3) is 0.875. The molecule has 11 heavy (non-hydrogen) atoms. The number of aliphatic carboxylic acids is 1. The van der Waals surface area contributed by atoms with E-state index in [2.05, 4.69) is 0 Å². The first-order valence-electron chi connectivity index (χ1n) is 3.98. The number of aliphatic hydroxyl groups excluding tert-OH is 1. The summed E-state index contributed by atoms with van der Waals surface area (Å²) in [4.78, 5) is 10.5. The highest BCUT2D eigenvalue weighted by molar-refractivity contribution is 5.69. The molecule has 0 saturated heterocycles. The minimum Gasteiger partial charge on any atom is -0.481 e. The second-order valence-electron chi connectivity index (χ2n) is 2.91. The van der Waals surface area contributed by atoms with Crippen molar-refractivity contribution in [2.24, 2.45) is 5.92 Å². The first-order valence-corrected chi connectivity index (χ1v) is 3.98. The summed E-state index contributed by atoms with van der Waals surface area (Å²) in [7, 11) is 0. The van der Waals surface area contributed by atoms with Crippen molar-refractivity contribution >= 4 is 5.97 Å². The third kappa shape index (κ3) is 4.79. The van der Waals surface area contributed by atoms with Crippen LogP contribution in [-0.4, -0.2) is 22.3 Å². The Labute approximate surface area is 67.0 Å². The van der Waals surface area contributed by atoms with E-state index >= 15 is 0 Å². The molecule has 0 heterocycles. The van der Waals surface area contributed by atoms with Gasteiger partial charge in [-0.3, -0.25) is 4.79 Å². The largest absolute Gasteiger partial charge is 0.481 e. The number of carboxylic acids is 1. The molecule has 0 radical (unpaired) electrons. The van der Waals surface area contributed by atoms with Crippen molar-refractivity contribution in [1.82, 2.24) is 0 Å². The monoisotopic (exact) mass is 160 g/mol. The molecule has 2 atom stereocenters. The summed E-state index contributed by atoms with van der Waals surface area (Å²) in [6.45, 7) is 3.56. The molecule has 3 nitrogen and oxygen atoms in total. The smallest absolute Gasteiger partial charge is 0.306 e. The van der Waals surface area contributed by atoms with E-state index in [9.17, 15) is 4.79 Å². The summed E-state index contributed by atoms with van der Waals surface area (Å²) < 4.78 is 0. The van der Waals surface area contributed by atoms with Crippen molar-refractivity contribution in [3.63, 3.8) is 0 Å². The van der Waals surface area contributed by atoms with Gasteiger partial charge in [0.2, 0.25) is 0 Å². The van der Waals surface area contributed by atoms with Gasteiger partial charge in [-0.2, -0.15) is 0 Å². The van der Waals surface area contributed by atoms with E-state index in [4.69, 9.17) is 10.2 Å². The Morgan fingerprint density at radius 1 is 1.55 bits per heavy atom. The van der Waals surface area contributed by atoms with Gasteiger partial charge in [-0.1, -0.05) is 13.3 Å². The summed E-state index contributed by atoms with van der Waals surface area (Å²) >= 11 is 0. The second-order valence-corrected chi connectivity index (χ2v) is 2.91. The molecule has 0 aliphatic carbocycles. The number of hydrogen-bond donors (Lipinski definition) is 2. The van der Waals surface area contributed by atoms with Gasteiger partial charge in [0.25, 0.3) is 0 Å². The van der Waals surface area contributed by atoms with E-state index in [1.807, 2.05) is 6.92 Å². The third-order valence-corrected chi connectivity index (χ3v) is 1.61. The molecule has 0 aliphatic heterocycles. The summed E-state index contributed by atoms with van der Waals surface area (Å²) in [5.41, 5.74) is 0. The van der Waals surface area contributed by atoms with Gasteiger partial charge in [0.1, 0.15) is 0 Å². The lowest BCUT2D eigenvalue weighted by molar-refractivity contribution is -0.143. The predicted octanol–water partition coefficient (Wildman–Crippen LogP) is 1.26. The summed E-state index contributed by atoms with van der Waals surface area (Å²) in [5, 5.41) is 17.6. The summed E-state index contributed by atoms with van der Waals surface area (Å²) in [5.74, 6) is -1.17. The summed E-state index contributed by atoms with van der Waals surface area (Å²) in [6, 6.07) is 0. The topological polar surface area (TPSA) is 57.5 Å². The van der Waals surface area contributed by atoms with Crippen LogP contribution < -0.4 is 0 Å². The van der Waals surface area contributed by atoms with Crippen LogP contribution in [0.1, 0.15) is 33.1 Å². The second kappa shape index (κ2) is 5.13. The van der Waals surface area contributed by atoms with Crippen molar-refractivity contribution in [2.75, 3.05) is 0 Å². The molecule has 0 spiro atoms. The van der Waals surface area contributed by atoms with Crippen LogP contribution in [0.25, 0.3) is 0 Å². The van der Waals surface area contributed by atoms with Crippen LogP contribution in [0.3, 0.4) is 0 Å². The van der Waals surface area contributed by atoms with Gasteiger partial charge in [0.05, 0.1) is 12.0 Å². The number of carboxylic acid groups (broad SMARTS) is 1. The molecule has 0 unspecified atom stereocenters. The molecular formula is C8H16O3. The van der Waals surface area contributed by atoms with Gasteiger partial charge in [0, 0.05) is 0 Å². The number of carbonyl (C=O) groups is 1. The maximum absolute atomic E-state index is 10.5. The SMILES string of the molecule is CCC[C@H](C[C@@H](C)O)C(=O)O. The van der Waals surface area contributed by atoms with Crippen LogP contribution in [0.5, 0.6) is 0 Å². The first kappa shape index (κ1) is 10.4. The highest BCUT2D eigenvalue weighted by Gasteiger charge is 2.17. The number of rotatable bonds is 5. The molecular weight excluding hydrogens is 144 g/mol. The van der Waals surface area contributed by atoms with Gasteiger partial charge < -0.3 is 10.2 Å². The van der Waals surface area contributed by atoms with Crippen LogP contribution >= 0.6 is 0 Å². The minimum absolute atomic E-state index is 0.364. The zero-order chi connectivity index (χ0) is 8.85. The van der Waals surface area contributed by atoms with Crippen molar-refractivity contribution in [1.29, 1.82) is 0 Å². The molecule has 0 amide bonds. The van der Waals surface area contributed by atoms with Crippen LogP contribution in [0.15, 0.2) is 0 Å². The normalized spacial score (nSPS) is 15.9. The Morgan fingerprint density at radius 2 is 2.09 bits per heavy atom. The lowest BCUT2D eigenvalue weighted by atomic mass is 9.97. The molecule has 0 bridgehead atoms. The van der Waals surface area contributed by atoms with Gasteiger partial charge in [-0.15, -0.1) is 0 Å². The molecule has 2 N–H and O–H groups in total. The van der Waals surface area contributed by atoms with Crippen LogP contribution in [0.2, 0.25) is 0 Å². The van der Waals surface area contributed by atoms with Crippen molar-refractivity contribution in [3.05, 3.63) is 0 Å². The van der Waals surface area contributed by atoms with Crippen LogP contribution in [-0.2, 0) is 4.79 Å². The van der Waals surface area contributed by atoms with Crippen molar-refractivity contribution in [3.8, 4) is 0 Å². The maximum Gasteiger partial charge on any atom is 0.306 e. The Kier molecular flexibility index (Phi) is 4.86. The zero-order valence-electron chi connectivity index (χ0n) is 7.08. The van der Waals surface area contributed by atoms with Crippen LogP contribution in [0, 0.1) is 5.92 Å². The molecule has 0 aromatic rings. The van der Waals surface area contributed by atoms with E-state index in [0.29, 0.717) is 12.8 Å². The molecule has 0 rings (SSSR count). The zero-order valence-corrected chi connectivity index (χ0v) is 7.08. The van der Waals surface area contributed by atoms with Crippen LogP contribution in [0.4, 0.5) is 0 Å². The minimum atomic E-state index is -0.798. The lowest BCUT2D eigenvalue weighted by Gasteiger charge is -2.12. The highest BCUT2D eigenvalue weighted by Crippen LogP contribution is 2.13. The van der Waals surface area contributed by atoms with Gasteiger partial charge >= 0.3 is 5.97 Å². The van der Waals surface area contributed by atoms with Crippen molar-refractivity contribution in [2.45, 2.75) is 39.2 Å². The third-order valence-electron chi connectivity index (χ3n) is 1.61. The highest BCUT2D eigenvalue weighted by atomic mass is 16.4. The standard InChI is InChI=1S/C8H16O3/c1-3-4-7(8(10)11)5-6(2)9/h6-7,9H,3-5H2,1-2H3,(H,10,11)/t6-,7-/m1/s1. The number of aliphatic hydroxyl groups is 1. The Balaban J connectivity index is 3.79. The number of hydrogen-bond acceptors (Lipinski definition) is 2. The average Bonchev–Trinajstić information content (AvgIpc) is 1.86. The van der Waals surface area contributed by atoms with Gasteiger partial charge in [-0.05, 0) is 19.8 Å². The molecule has 0 aromatic carbocycles.